The molecule has 0 radical (unpaired) electrons. The topological polar surface area (TPSA) is 77.0 Å². The van der Waals surface area contributed by atoms with Gasteiger partial charge in [-0.15, -0.1) is 0 Å². The summed E-state index contributed by atoms with van der Waals surface area (Å²) in [5.41, 5.74) is 5.95. The molecule has 1 aliphatic rings. The highest BCUT2D eigenvalue weighted by atomic mass is 16.4. The highest BCUT2D eigenvalue weighted by Crippen LogP contribution is 2.26. The quantitative estimate of drug-likeness (QED) is 0.748. The fourth-order valence-corrected chi connectivity index (χ4v) is 1.72. The van der Waals surface area contributed by atoms with Crippen molar-refractivity contribution in [3.63, 3.8) is 0 Å². The van der Waals surface area contributed by atoms with E-state index in [9.17, 15) is 4.79 Å². The zero-order chi connectivity index (χ0) is 13.1. The lowest BCUT2D eigenvalue weighted by Gasteiger charge is -2.26. The molecule has 3 N–H and O–H groups in total. The summed E-state index contributed by atoms with van der Waals surface area (Å²) in [5, 5.41) is 17.0. The number of carboxylic acid groups (broad SMARTS) is 1. The third kappa shape index (κ3) is 2.60. The van der Waals surface area contributed by atoms with Crippen LogP contribution in [-0.2, 0) is 0 Å². The number of hydrazine groups is 1. The van der Waals surface area contributed by atoms with E-state index >= 15 is 0 Å². The molecule has 1 aliphatic heterocycles. The summed E-state index contributed by atoms with van der Waals surface area (Å²) in [4.78, 5) is 10.7. The van der Waals surface area contributed by atoms with Crippen LogP contribution in [0.5, 0.6) is 0 Å². The predicted octanol–water partition coefficient (Wildman–Crippen LogP) is 2.38. The van der Waals surface area contributed by atoms with Gasteiger partial charge in [0.25, 0.3) is 0 Å². The molecule has 0 saturated carbocycles. The average molecular weight is 246 g/mol. The summed E-state index contributed by atoms with van der Waals surface area (Å²) in [6.07, 6.45) is 0.802. The summed E-state index contributed by atoms with van der Waals surface area (Å²) >= 11 is 0. The number of nitrogens with one attached hydrogen (secondary N) is 2. The summed E-state index contributed by atoms with van der Waals surface area (Å²) in [6.45, 7) is 3.79. The standard InChI is InChI=1S/C12H14N4O2/c1-8-7-9(2)15-16(14-8)11-6-4-3-5-10(11)13-12(17)18/h3-7,13-14H,1-2H3,(H,17,18). The van der Waals surface area contributed by atoms with Gasteiger partial charge in [-0.05, 0) is 32.1 Å². The van der Waals surface area contributed by atoms with E-state index in [-0.39, 0.29) is 0 Å². The predicted molar refractivity (Wildman–Crippen MR) is 70.6 cm³/mol. The molecule has 0 aliphatic carbocycles. The van der Waals surface area contributed by atoms with Crippen LogP contribution in [0.15, 0.2) is 41.1 Å². The van der Waals surface area contributed by atoms with Gasteiger partial charge in [-0.3, -0.25) is 10.7 Å². The minimum Gasteiger partial charge on any atom is -0.465 e. The number of allylic oxidation sites excluding steroid dienone is 2. The van der Waals surface area contributed by atoms with Gasteiger partial charge in [0.1, 0.15) is 5.69 Å². The summed E-state index contributed by atoms with van der Waals surface area (Å²) in [6, 6.07) is 7.05. The van der Waals surface area contributed by atoms with E-state index in [1.54, 1.807) is 23.3 Å². The number of hydrogen-bond donors (Lipinski definition) is 3. The number of hydrogen-bond acceptors (Lipinski definition) is 4. The van der Waals surface area contributed by atoms with Crippen molar-refractivity contribution in [2.75, 3.05) is 10.4 Å². The molecule has 2 rings (SSSR count). The second kappa shape index (κ2) is 4.79. The molecular formula is C12H14N4O2. The zero-order valence-corrected chi connectivity index (χ0v) is 10.1. The molecule has 0 spiro atoms. The molecular weight excluding hydrogens is 232 g/mol. The van der Waals surface area contributed by atoms with Crippen LogP contribution in [0, 0.1) is 0 Å². The first kappa shape index (κ1) is 12.0. The summed E-state index contributed by atoms with van der Waals surface area (Å²) in [7, 11) is 0. The molecule has 6 nitrogen and oxygen atoms in total. The summed E-state index contributed by atoms with van der Waals surface area (Å²) in [5.74, 6) is 0. The van der Waals surface area contributed by atoms with Crippen molar-refractivity contribution in [3.8, 4) is 0 Å². The number of nitrogens with zero attached hydrogens (tertiary/aromatic N) is 2. The molecule has 1 aromatic rings. The number of amides is 1. The minimum absolute atomic E-state index is 0.476. The molecule has 94 valence electrons. The Morgan fingerprint density at radius 2 is 2.11 bits per heavy atom. The first-order chi connectivity index (χ1) is 8.56. The number of benzene rings is 1. The lowest BCUT2D eigenvalue weighted by molar-refractivity contribution is 0.210. The molecule has 1 amide bonds. The highest BCUT2D eigenvalue weighted by molar-refractivity contribution is 5.95. The SMILES string of the molecule is CC1=CC(C)=NN(c2ccccc2NC(=O)O)N1. The van der Waals surface area contributed by atoms with E-state index < -0.39 is 6.09 Å². The van der Waals surface area contributed by atoms with E-state index in [1.165, 1.54) is 0 Å². The number of carbonyl (C=O) groups is 1. The van der Waals surface area contributed by atoms with Crippen LogP contribution in [0.3, 0.4) is 0 Å². The molecule has 0 bridgehead atoms. The van der Waals surface area contributed by atoms with Crippen LogP contribution in [0.2, 0.25) is 0 Å². The fourth-order valence-electron chi connectivity index (χ4n) is 1.72. The highest BCUT2D eigenvalue weighted by Gasteiger charge is 2.14. The van der Waals surface area contributed by atoms with Gasteiger partial charge in [0.05, 0.1) is 11.4 Å². The maximum absolute atomic E-state index is 10.7. The molecule has 1 heterocycles. The van der Waals surface area contributed by atoms with E-state index in [2.05, 4.69) is 15.8 Å². The Labute approximate surface area is 105 Å². The van der Waals surface area contributed by atoms with Gasteiger partial charge < -0.3 is 5.11 Å². The Bertz CT molecular complexity index is 537. The van der Waals surface area contributed by atoms with Gasteiger partial charge >= 0.3 is 6.09 Å². The van der Waals surface area contributed by atoms with E-state index in [1.807, 2.05) is 26.0 Å². The molecule has 0 aromatic heterocycles. The molecule has 1 aromatic carbocycles. The lowest BCUT2D eigenvalue weighted by Crippen LogP contribution is -2.36. The Hall–Kier alpha value is -2.50. The zero-order valence-electron chi connectivity index (χ0n) is 10.1. The maximum Gasteiger partial charge on any atom is 0.409 e. The third-order valence-electron chi connectivity index (χ3n) is 2.34. The third-order valence-corrected chi connectivity index (χ3v) is 2.34. The maximum atomic E-state index is 10.7. The van der Waals surface area contributed by atoms with E-state index in [4.69, 9.17) is 5.11 Å². The van der Waals surface area contributed by atoms with E-state index in [0.29, 0.717) is 11.4 Å². The number of para-hydroxylation sites is 2. The number of rotatable bonds is 2. The van der Waals surface area contributed by atoms with Crippen LogP contribution in [-0.4, -0.2) is 16.9 Å². The summed E-state index contributed by atoms with van der Waals surface area (Å²) < 4.78 is 0. The van der Waals surface area contributed by atoms with Crippen molar-refractivity contribution in [3.05, 3.63) is 36.0 Å². The molecule has 0 fully saturated rings. The Kier molecular flexibility index (Phi) is 3.18. The molecule has 0 unspecified atom stereocenters. The van der Waals surface area contributed by atoms with E-state index in [0.717, 1.165) is 11.4 Å². The van der Waals surface area contributed by atoms with Crippen molar-refractivity contribution < 1.29 is 9.90 Å². The number of hydrazone groups is 1. The Balaban J connectivity index is 2.34. The molecule has 0 atom stereocenters. The second-order valence-electron chi connectivity index (χ2n) is 3.94. The minimum atomic E-state index is -1.10. The first-order valence-electron chi connectivity index (χ1n) is 5.45. The van der Waals surface area contributed by atoms with Crippen molar-refractivity contribution in [1.82, 2.24) is 5.43 Å². The number of anilines is 2. The second-order valence-corrected chi connectivity index (χ2v) is 3.94. The van der Waals surface area contributed by atoms with Crippen molar-refractivity contribution >= 4 is 23.2 Å². The fraction of sp³-hybridized carbons (Fsp3) is 0.167. The first-order valence-corrected chi connectivity index (χ1v) is 5.45. The van der Waals surface area contributed by atoms with Crippen LogP contribution >= 0.6 is 0 Å². The van der Waals surface area contributed by atoms with Crippen LogP contribution in [0.4, 0.5) is 16.2 Å². The Morgan fingerprint density at radius 3 is 2.78 bits per heavy atom. The largest absolute Gasteiger partial charge is 0.465 e. The van der Waals surface area contributed by atoms with Gasteiger partial charge in [-0.2, -0.15) is 10.2 Å². The van der Waals surface area contributed by atoms with Gasteiger partial charge in [0, 0.05) is 5.70 Å². The van der Waals surface area contributed by atoms with Crippen LogP contribution in [0.1, 0.15) is 13.8 Å². The van der Waals surface area contributed by atoms with Crippen molar-refractivity contribution in [2.45, 2.75) is 13.8 Å². The van der Waals surface area contributed by atoms with Gasteiger partial charge in [0.2, 0.25) is 0 Å². The molecule has 0 saturated heterocycles. The van der Waals surface area contributed by atoms with Crippen molar-refractivity contribution in [2.24, 2.45) is 5.10 Å². The van der Waals surface area contributed by atoms with Crippen LogP contribution in [0.25, 0.3) is 0 Å². The van der Waals surface area contributed by atoms with Gasteiger partial charge in [0.15, 0.2) is 0 Å². The molecule has 18 heavy (non-hydrogen) atoms. The average Bonchev–Trinajstić information content (AvgIpc) is 2.27. The normalized spacial score (nSPS) is 14.4. The lowest BCUT2D eigenvalue weighted by atomic mass is 10.2. The molecule has 6 heteroatoms. The van der Waals surface area contributed by atoms with Crippen molar-refractivity contribution in [1.29, 1.82) is 0 Å². The van der Waals surface area contributed by atoms with Crippen LogP contribution < -0.4 is 15.9 Å². The smallest absolute Gasteiger partial charge is 0.409 e. The van der Waals surface area contributed by atoms with Gasteiger partial charge in [-0.1, -0.05) is 12.1 Å². The van der Waals surface area contributed by atoms with Gasteiger partial charge in [-0.25, -0.2) is 4.79 Å². The monoisotopic (exact) mass is 246 g/mol. The Morgan fingerprint density at radius 1 is 1.39 bits per heavy atom.